The van der Waals surface area contributed by atoms with E-state index in [1.807, 2.05) is 61.5 Å². The topological polar surface area (TPSA) is 29.1 Å². The molecule has 0 saturated carbocycles. The molecule has 0 unspecified atom stereocenters. The summed E-state index contributed by atoms with van der Waals surface area (Å²) in [6.45, 7) is 1.97. The third-order valence-electron chi connectivity index (χ3n) is 2.72. The van der Waals surface area contributed by atoms with Gasteiger partial charge in [0.2, 0.25) is 0 Å². The molecule has 0 aliphatic rings. The number of aryl methyl sites for hydroxylation is 1. The van der Waals surface area contributed by atoms with Crippen molar-refractivity contribution in [3.8, 4) is 0 Å². The maximum absolute atomic E-state index is 12.1. The van der Waals surface area contributed by atoms with Crippen LogP contribution in [0.4, 0.5) is 5.69 Å². The van der Waals surface area contributed by atoms with Gasteiger partial charge in [0.15, 0.2) is 5.78 Å². The van der Waals surface area contributed by atoms with Gasteiger partial charge in [-0.25, -0.2) is 0 Å². The lowest BCUT2D eigenvalue weighted by Crippen LogP contribution is -2.14. The van der Waals surface area contributed by atoms with E-state index in [-0.39, 0.29) is 12.2 Å². The zero-order valence-corrected chi connectivity index (χ0v) is 11.5. The largest absolute Gasteiger partial charge is 0.350 e. The number of carbonyl (C=O) groups excluding carboxylic acids is 1. The van der Waals surface area contributed by atoms with Gasteiger partial charge in [-0.05, 0) is 25.1 Å². The summed E-state index contributed by atoms with van der Waals surface area (Å²) in [6, 6.07) is 17.2. The second kappa shape index (κ2) is 6.25. The van der Waals surface area contributed by atoms with E-state index in [0.29, 0.717) is 10.6 Å². The predicted molar refractivity (Wildman–Crippen MR) is 82.8 cm³/mol. The van der Waals surface area contributed by atoms with E-state index in [0.717, 1.165) is 11.3 Å². The van der Waals surface area contributed by atoms with Gasteiger partial charge in [-0.3, -0.25) is 4.79 Å². The first-order valence-electron chi connectivity index (χ1n) is 6.10. The Hall–Kier alpha value is -2.00. The molecule has 0 spiro atoms. The number of benzene rings is 2. The normalized spacial score (nSPS) is 9.95. The molecule has 2 rings (SSSR count). The Morgan fingerprint density at radius 2 is 1.84 bits per heavy atom. The Kier molecular flexibility index (Phi) is 4.42. The van der Waals surface area contributed by atoms with Crippen LogP contribution in [0.5, 0.6) is 0 Å². The number of hydrogen-bond donors (Lipinski definition) is 1. The lowest BCUT2D eigenvalue weighted by Gasteiger charge is -2.07. The quantitative estimate of drug-likeness (QED) is 0.671. The highest BCUT2D eigenvalue weighted by Crippen LogP contribution is 2.10. The van der Waals surface area contributed by atoms with Crippen molar-refractivity contribution in [1.82, 2.24) is 0 Å². The zero-order chi connectivity index (χ0) is 13.7. The van der Waals surface area contributed by atoms with E-state index in [4.69, 9.17) is 12.2 Å². The number of Topliss-reactive ketones (excluding diaryl/α,β-unsaturated/α-hetero) is 1. The summed E-state index contributed by atoms with van der Waals surface area (Å²) in [5.74, 6) is 0.0390. The summed E-state index contributed by atoms with van der Waals surface area (Å²) in [6.07, 6.45) is 0.230. The van der Waals surface area contributed by atoms with Crippen LogP contribution in [0.15, 0.2) is 54.6 Å². The molecule has 0 heterocycles. The van der Waals surface area contributed by atoms with Crippen LogP contribution in [0.3, 0.4) is 0 Å². The van der Waals surface area contributed by atoms with Crippen molar-refractivity contribution >= 4 is 28.7 Å². The maximum atomic E-state index is 12.1. The minimum atomic E-state index is 0.0390. The van der Waals surface area contributed by atoms with Crippen LogP contribution in [0.2, 0.25) is 0 Å². The lowest BCUT2D eigenvalue weighted by molar-refractivity contribution is 0.100. The zero-order valence-electron chi connectivity index (χ0n) is 10.7. The Morgan fingerprint density at radius 3 is 2.53 bits per heavy atom. The molecule has 2 aromatic carbocycles. The molecule has 0 saturated heterocycles. The number of ketones is 1. The molecular formula is C16H15NOS. The average Bonchev–Trinajstić information content (AvgIpc) is 2.39. The predicted octanol–water partition coefficient (Wildman–Crippen LogP) is 4.01. The fourth-order valence-corrected chi connectivity index (χ4v) is 2.04. The van der Waals surface area contributed by atoms with Crippen LogP contribution >= 0.6 is 12.2 Å². The minimum absolute atomic E-state index is 0.0390. The number of carbonyl (C=O) groups is 1. The van der Waals surface area contributed by atoms with E-state index in [1.165, 1.54) is 0 Å². The third kappa shape index (κ3) is 4.00. The standard InChI is InChI=1S/C16H15NOS/c1-12-6-5-7-13(10-12)15(18)11-16(19)17-14-8-3-2-4-9-14/h2-10H,11H2,1H3,(H,17,19). The minimum Gasteiger partial charge on any atom is -0.350 e. The molecule has 3 heteroatoms. The molecule has 0 aromatic heterocycles. The van der Waals surface area contributed by atoms with Crippen molar-refractivity contribution in [1.29, 1.82) is 0 Å². The van der Waals surface area contributed by atoms with E-state index in [1.54, 1.807) is 0 Å². The van der Waals surface area contributed by atoms with Gasteiger partial charge >= 0.3 is 0 Å². The SMILES string of the molecule is Cc1cccc(C(=O)CC(=S)Nc2ccccc2)c1. The first kappa shape index (κ1) is 13.4. The van der Waals surface area contributed by atoms with Crippen LogP contribution < -0.4 is 5.32 Å². The molecule has 0 amide bonds. The average molecular weight is 269 g/mol. The number of anilines is 1. The van der Waals surface area contributed by atoms with Gasteiger partial charge in [0.1, 0.15) is 0 Å². The molecule has 0 aliphatic carbocycles. The number of hydrogen-bond acceptors (Lipinski definition) is 2. The first-order chi connectivity index (χ1) is 9.15. The molecule has 19 heavy (non-hydrogen) atoms. The van der Waals surface area contributed by atoms with Gasteiger partial charge in [0.05, 0.1) is 11.4 Å². The van der Waals surface area contributed by atoms with Crippen LogP contribution in [0.25, 0.3) is 0 Å². The van der Waals surface area contributed by atoms with Gasteiger partial charge in [0, 0.05) is 11.3 Å². The second-order valence-corrected chi connectivity index (χ2v) is 4.88. The van der Waals surface area contributed by atoms with Crippen LogP contribution in [-0.2, 0) is 0 Å². The number of para-hydroxylation sites is 1. The lowest BCUT2D eigenvalue weighted by atomic mass is 10.1. The molecule has 0 aliphatic heterocycles. The maximum Gasteiger partial charge on any atom is 0.169 e. The molecule has 0 atom stereocenters. The van der Waals surface area contributed by atoms with Crippen molar-refractivity contribution in [2.24, 2.45) is 0 Å². The number of rotatable bonds is 4. The molecule has 0 bridgehead atoms. The van der Waals surface area contributed by atoms with Crippen LogP contribution in [-0.4, -0.2) is 10.8 Å². The van der Waals surface area contributed by atoms with Gasteiger partial charge in [0.25, 0.3) is 0 Å². The third-order valence-corrected chi connectivity index (χ3v) is 2.97. The molecular weight excluding hydrogens is 254 g/mol. The summed E-state index contributed by atoms with van der Waals surface area (Å²) in [4.78, 5) is 12.6. The van der Waals surface area contributed by atoms with Gasteiger partial charge in [-0.1, -0.05) is 54.2 Å². The van der Waals surface area contributed by atoms with Crippen molar-refractivity contribution in [3.63, 3.8) is 0 Å². The Labute approximate surface area is 118 Å². The highest BCUT2D eigenvalue weighted by atomic mass is 32.1. The summed E-state index contributed by atoms with van der Waals surface area (Å²) < 4.78 is 0. The van der Waals surface area contributed by atoms with E-state index >= 15 is 0 Å². The monoisotopic (exact) mass is 269 g/mol. The van der Waals surface area contributed by atoms with E-state index in [9.17, 15) is 4.79 Å². The van der Waals surface area contributed by atoms with Crippen molar-refractivity contribution in [3.05, 3.63) is 65.7 Å². The highest BCUT2D eigenvalue weighted by Gasteiger charge is 2.09. The fourth-order valence-electron chi connectivity index (χ4n) is 1.79. The second-order valence-electron chi connectivity index (χ2n) is 4.38. The Balaban J connectivity index is 1.98. The van der Waals surface area contributed by atoms with Crippen molar-refractivity contribution < 1.29 is 4.79 Å². The summed E-state index contributed by atoms with van der Waals surface area (Å²) in [5.41, 5.74) is 2.69. The number of nitrogens with one attached hydrogen (secondary N) is 1. The van der Waals surface area contributed by atoms with E-state index in [2.05, 4.69) is 5.32 Å². The van der Waals surface area contributed by atoms with Gasteiger partial charge < -0.3 is 5.32 Å². The Morgan fingerprint density at radius 1 is 1.11 bits per heavy atom. The molecule has 1 N–H and O–H groups in total. The summed E-state index contributed by atoms with van der Waals surface area (Å²) in [7, 11) is 0. The molecule has 2 aromatic rings. The van der Waals surface area contributed by atoms with Gasteiger partial charge in [-0.15, -0.1) is 0 Å². The fraction of sp³-hybridized carbons (Fsp3) is 0.125. The Bertz CT molecular complexity index is 593. The first-order valence-corrected chi connectivity index (χ1v) is 6.51. The molecule has 2 nitrogen and oxygen atoms in total. The smallest absolute Gasteiger partial charge is 0.169 e. The van der Waals surface area contributed by atoms with Crippen molar-refractivity contribution in [2.75, 3.05) is 5.32 Å². The molecule has 0 fully saturated rings. The van der Waals surface area contributed by atoms with Gasteiger partial charge in [-0.2, -0.15) is 0 Å². The van der Waals surface area contributed by atoms with E-state index < -0.39 is 0 Å². The summed E-state index contributed by atoms with van der Waals surface area (Å²) in [5, 5.41) is 3.07. The van der Waals surface area contributed by atoms with Crippen LogP contribution in [0, 0.1) is 6.92 Å². The summed E-state index contributed by atoms with van der Waals surface area (Å²) >= 11 is 5.21. The molecule has 96 valence electrons. The highest BCUT2D eigenvalue weighted by molar-refractivity contribution is 7.80. The van der Waals surface area contributed by atoms with Crippen LogP contribution in [0.1, 0.15) is 22.3 Å². The number of thiocarbonyl (C=S) groups is 1. The molecule has 0 radical (unpaired) electrons. The van der Waals surface area contributed by atoms with Crippen molar-refractivity contribution in [2.45, 2.75) is 13.3 Å².